The number of carbonyl (C=O) groups excluding carboxylic acids is 1. The number of hydrazone groups is 1. The Bertz CT molecular complexity index is 538. The second-order valence-corrected chi connectivity index (χ2v) is 6.07. The highest BCUT2D eigenvalue weighted by Gasteiger charge is 2.54. The minimum atomic E-state index is 0.0802. The summed E-state index contributed by atoms with van der Waals surface area (Å²) in [6.45, 7) is 2.01. The van der Waals surface area contributed by atoms with E-state index in [-0.39, 0.29) is 17.6 Å². The van der Waals surface area contributed by atoms with Gasteiger partial charge in [-0.15, -0.1) is 0 Å². The third-order valence-corrected chi connectivity index (χ3v) is 4.80. The molecule has 112 valence electrons. The van der Waals surface area contributed by atoms with E-state index in [1.54, 1.807) is 12.1 Å². The van der Waals surface area contributed by atoms with E-state index in [0.717, 1.165) is 17.7 Å². The van der Waals surface area contributed by atoms with Gasteiger partial charge in [0, 0.05) is 5.92 Å². The van der Waals surface area contributed by atoms with Gasteiger partial charge in [-0.05, 0) is 60.9 Å². The fourth-order valence-electron chi connectivity index (χ4n) is 3.58. The molecule has 0 aromatic heterocycles. The average Bonchev–Trinajstić information content (AvgIpc) is 3.24. The van der Waals surface area contributed by atoms with E-state index in [1.165, 1.54) is 25.7 Å². The first-order chi connectivity index (χ1) is 10.2. The van der Waals surface area contributed by atoms with Crippen molar-refractivity contribution in [1.29, 1.82) is 0 Å². The summed E-state index contributed by atoms with van der Waals surface area (Å²) >= 11 is 0. The van der Waals surface area contributed by atoms with Crippen LogP contribution in [-0.4, -0.2) is 16.7 Å². The highest BCUT2D eigenvalue weighted by Crippen LogP contribution is 2.55. The molecular formula is C17H22N2O2. The standard InChI is InChI=1S/C17H22N2O2/c1-2-15(11-7-9-12(20)10-8-11)18-19-17(21)16-13-5-3-4-6-14(13)16/h7-10,13-14,16,20H,2-6H2,1H3,(H,19,21)/b18-15+/t13-,14+,16?. The third kappa shape index (κ3) is 2.94. The molecule has 3 rings (SSSR count). The first-order valence-corrected chi connectivity index (χ1v) is 7.86. The number of nitrogens with one attached hydrogen (secondary N) is 1. The molecule has 1 aromatic rings. The van der Waals surface area contributed by atoms with Crippen LogP contribution in [-0.2, 0) is 4.79 Å². The van der Waals surface area contributed by atoms with Gasteiger partial charge < -0.3 is 5.11 Å². The van der Waals surface area contributed by atoms with Gasteiger partial charge in [-0.25, -0.2) is 5.43 Å². The third-order valence-electron chi connectivity index (χ3n) is 4.80. The zero-order valence-corrected chi connectivity index (χ0v) is 12.4. The molecule has 2 saturated carbocycles. The quantitative estimate of drug-likeness (QED) is 0.660. The fraction of sp³-hybridized carbons (Fsp3) is 0.529. The van der Waals surface area contributed by atoms with Gasteiger partial charge in [-0.2, -0.15) is 5.10 Å². The summed E-state index contributed by atoms with van der Waals surface area (Å²) in [5.41, 5.74) is 4.53. The number of phenolic OH excluding ortho intramolecular Hbond substituents is 1. The fourth-order valence-corrected chi connectivity index (χ4v) is 3.58. The Morgan fingerprint density at radius 2 is 1.86 bits per heavy atom. The monoisotopic (exact) mass is 286 g/mol. The van der Waals surface area contributed by atoms with Crippen LogP contribution in [0.3, 0.4) is 0 Å². The minimum Gasteiger partial charge on any atom is -0.508 e. The van der Waals surface area contributed by atoms with Crippen LogP contribution in [0.25, 0.3) is 0 Å². The summed E-state index contributed by atoms with van der Waals surface area (Å²) in [6, 6.07) is 6.91. The lowest BCUT2D eigenvalue weighted by Gasteiger charge is -2.05. The van der Waals surface area contributed by atoms with Crippen molar-refractivity contribution in [3.8, 4) is 5.75 Å². The van der Waals surface area contributed by atoms with Crippen molar-refractivity contribution < 1.29 is 9.90 Å². The lowest BCUT2D eigenvalue weighted by molar-refractivity contribution is -0.122. The normalized spacial score (nSPS) is 27.9. The van der Waals surface area contributed by atoms with E-state index >= 15 is 0 Å². The Labute approximate surface area is 125 Å². The van der Waals surface area contributed by atoms with Crippen LogP contribution in [0.5, 0.6) is 5.75 Å². The predicted octanol–water partition coefficient (Wildman–Crippen LogP) is 3.06. The van der Waals surface area contributed by atoms with Crippen LogP contribution in [0.4, 0.5) is 0 Å². The van der Waals surface area contributed by atoms with Crippen LogP contribution < -0.4 is 5.43 Å². The maximum atomic E-state index is 12.2. The smallest absolute Gasteiger partial charge is 0.243 e. The van der Waals surface area contributed by atoms with Crippen molar-refractivity contribution in [2.75, 3.05) is 0 Å². The molecule has 4 nitrogen and oxygen atoms in total. The van der Waals surface area contributed by atoms with Crippen LogP contribution in [0, 0.1) is 17.8 Å². The first-order valence-electron chi connectivity index (χ1n) is 7.86. The molecule has 3 atom stereocenters. The number of benzene rings is 1. The van der Waals surface area contributed by atoms with Crippen molar-refractivity contribution in [3.63, 3.8) is 0 Å². The van der Waals surface area contributed by atoms with E-state index in [4.69, 9.17) is 0 Å². The van der Waals surface area contributed by atoms with Gasteiger partial charge in [-0.3, -0.25) is 4.79 Å². The molecular weight excluding hydrogens is 264 g/mol. The molecule has 21 heavy (non-hydrogen) atoms. The maximum absolute atomic E-state index is 12.2. The maximum Gasteiger partial charge on any atom is 0.243 e. The zero-order chi connectivity index (χ0) is 14.8. The summed E-state index contributed by atoms with van der Waals surface area (Å²) in [5.74, 6) is 1.71. The number of phenols is 1. The molecule has 0 spiro atoms. The lowest BCUT2D eigenvalue weighted by atomic mass is 10.0. The Hall–Kier alpha value is -1.84. The highest BCUT2D eigenvalue weighted by atomic mass is 16.3. The van der Waals surface area contributed by atoms with Crippen molar-refractivity contribution in [1.82, 2.24) is 5.43 Å². The summed E-state index contributed by atoms with van der Waals surface area (Å²) in [6.07, 6.45) is 5.67. The molecule has 0 aliphatic heterocycles. The van der Waals surface area contributed by atoms with Gasteiger partial charge in [0.15, 0.2) is 0 Å². The number of rotatable bonds is 4. The predicted molar refractivity (Wildman–Crippen MR) is 82.0 cm³/mol. The molecule has 1 unspecified atom stereocenters. The topological polar surface area (TPSA) is 61.7 Å². The Balaban J connectivity index is 1.63. The van der Waals surface area contributed by atoms with Crippen molar-refractivity contribution in [2.45, 2.75) is 39.0 Å². The number of aromatic hydroxyl groups is 1. The van der Waals surface area contributed by atoms with Crippen molar-refractivity contribution in [2.24, 2.45) is 22.9 Å². The molecule has 0 radical (unpaired) electrons. The summed E-state index contributed by atoms with van der Waals surface area (Å²) in [5, 5.41) is 13.6. The average molecular weight is 286 g/mol. The summed E-state index contributed by atoms with van der Waals surface area (Å²) in [4.78, 5) is 12.2. The Kier molecular flexibility index (Phi) is 3.95. The second-order valence-electron chi connectivity index (χ2n) is 6.07. The second kappa shape index (κ2) is 5.88. The SMILES string of the molecule is CC/C(=N\NC(=O)C1[C@H]2CCCC[C@@H]12)c1ccc(O)cc1. The largest absolute Gasteiger partial charge is 0.508 e. The molecule has 0 bridgehead atoms. The molecule has 0 heterocycles. The highest BCUT2D eigenvalue weighted by molar-refractivity contribution is 6.01. The van der Waals surface area contributed by atoms with Crippen molar-refractivity contribution >= 4 is 11.6 Å². The van der Waals surface area contributed by atoms with Gasteiger partial charge in [0.05, 0.1) is 5.71 Å². The molecule has 2 aliphatic rings. The number of carbonyl (C=O) groups is 1. The van der Waals surface area contributed by atoms with Crippen molar-refractivity contribution in [3.05, 3.63) is 29.8 Å². The van der Waals surface area contributed by atoms with Gasteiger partial charge in [0.2, 0.25) is 5.91 Å². The molecule has 2 N–H and O–H groups in total. The first kappa shape index (κ1) is 14.1. The van der Waals surface area contributed by atoms with Gasteiger partial charge >= 0.3 is 0 Å². The molecule has 1 amide bonds. The summed E-state index contributed by atoms with van der Waals surface area (Å²) in [7, 11) is 0. The number of hydrogen-bond acceptors (Lipinski definition) is 3. The minimum absolute atomic E-state index is 0.0802. The molecule has 4 heteroatoms. The Morgan fingerprint density at radius 3 is 2.43 bits per heavy atom. The van der Waals surface area contributed by atoms with Crippen LogP contribution in [0.1, 0.15) is 44.6 Å². The number of amides is 1. The van der Waals surface area contributed by atoms with E-state index in [2.05, 4.69) is 10.5 Å². The number of nitrogens with zero attached hydrogens (tertiary/aromatic N) is 1. The van der Waals surface area contributed by atoms with Gasteiger partial charge in [0.1, 0.15) is 5.75 Å². The molecule has 1 aromatic carbocycles. The van der Waals surface area contributed by atoms with Gasteiger partial charge in [0.25, 0.3) is 0 Å². The van der Waals surface area contributed by atoms with Crippen LogP contribution >= 0.6 is 0 Å². The molecule has 2 fully saturated rings. The number of hydrogen-bond donors (Lipinski definition) is 2. The van der Waals surface area contributed by atoms with E-state index in [9.17, 15) is 9.90 Å². The lowest BCUT2D eigenvalue weighted by Crippen LogP contribution is -2.22. The zero-order valence-electron chi connectivity index (χ0n) is 12.4. The molecule has 0 saturated heterocycles. The summed E-state index contributed by atoms with van der Waals surface area (Å²) < 4.78 is 0. The van der Waals surface area contributed by atoms with E-state index < -0.39 is 0 Å². The van der Waals surface area contributed by atoms with Crippen LogP contribution in [0.2, 0.25) is 0 Å². The number of fused-ring (bicyclic) bond motifs is 1. The van der Waals surface area contributed by atoms with E-state index in [0.29, 0.717) is 11.8 Å². The molecule has 2 aliphatic carbocycles. The van der Waals surface area contributed by atoms with E-state index in [1.807, 2.05) is 19.1 Å². The van der Waals surface area contributed by atoms with Gasteiger partial charge in [-0.1, -0.05) is 19.8 Å². The Morgan fingerprint density at radius 1 is 1.24 bits per heavy atom. The van der Waals surface area contributed by atoms with Crippen LogP contribution in [0.15, 0.2) is 29.4 Å².